The number of anilines is 1. The van der Waals surface area contributed by atoms with Crippen molar-refractivity contribution >= 4 is 11.6 Å². The number of hydrogen-bond donors (Lipinski definition) is 0. The molecule has 0 unspecified atom stereocenters. The molecule has 2 aromatic carbocycles. The van der Waals surface area contributed by atoms with Crippen LogP contribution >= 0.6 is 0 Å². The van der Waals surface area contributed by atoms with Gasteiger partial charge >= 0.3 is 0 Å². The highest BCUT2D eigenvalue weighted by Crippen LogP contribution is 2.22. The Balaban J connectivity index is 1.34. The summed E-state index contributed by atoms with van der Waals surface area (Å²) in [4.78, 5) is 20.8. The third-order valence-corrected chi connectivity index (χ3v) is 4.89. The number of rotatable bonds is 4. The van der Waals surface area contributed by atoms with Crippen LogP contribution in [0.4, 0.5) is 10.1 Å². The van der Waals surface area contributed by atoms with Crippen molar-refractivity contribution in [1.29, 1.82) is 0 Å². The molecule has 1 fully saturated rings. The molecule has 0 aliphatic carbocycles. The first kappa shape index (κ1) is 18.2. The molecule has 7 heteroatoms. The third-order valence-electron chi connectivity index (χ3n) is 4.89. The van der Waals surface area contributed by atoms with Crippen molar-refractivity contribution in [3.05, 3.63) is 65.8 Å². The van der Waals surface area contributed by atoms with E-state index in [2.05, 4.69) is 15.0 Å². The van der Waals surface area contributed by atoms with E-state index in [0.717, 1.165) is 24.3 Å². The first-order valence-electron chi connectivity index (χ1n) is 9.26. The van der Waals surface area contributed by atoms with Crippen LogP contribution in [-0.4, -0.2) is 47.1 Å². The quantitative estimate of drug-likeness (QED) is 0.696. The summed E-state index contributed by atoms with van der Waals surface area (Å²) >= 11 is 0. The Morgan fingerprint density at radius 3 is 2.50 bits per heavy atom. The topological polar surface area (TPSA) is 62.5 Å². The Morgan fingerprint density at radius 2 is 1.86 bits per heavy atom. The largest absolute Gasteiger partial charge is 0.368 e. The number of carbonyl (C=O) groups is 1. The molecule has 1 amide bonds. The molecular weight excluding hydrogens is 359 g/mol. The van der Waals surface area contributed by atoms with Crippen molar-refractivity contribution in [2.24, 2.45) is 0 Å². The molecule has 0 atom stereocenters. The Labute approximate surface area is 162 Å². The second kappa shape index (κ2) is 7.80. The molecule has 3 aromatic rings. The van der Waals surface area contributed by atoms with E-state index in [4.69, 9.17) is 4.52 Å². The van der Waals surface area contributed by atoms with Crippen molar-refractivity contribution in [1.82, 2.24) is 15.0 Å². The van der Waals surface area contributed by atoms with Gasteiger partial charge < -0.3 is 14.3 Å². The van der Waals surface area contributed by atoms with E-state index in [1.165, 1.54) is 12.1 Å². The minimum atomic E-state index is -0.311. The standard InChI is InChI=1S/C21H21FN4O2/c1-15-23-21(24-28-15)17-5-7-19(8-6-17)25-9-11-26(12-10-25)20(27)14-16-3-2-4-18(22)13-16/h2-8,13H,9-12,14H2,1H3. The van der Waals surface area contributed by atoms with E-state index in [1.54, 1.807) is 19.1 Å². The lowest BCUT2D eigenvalue weighted by molar-refractivity contribution is -0.130. The normalized spacial score (nSPS) is 14.4. The van der Waals surface area contributed by atoms with E-state index in [9.17, 15) is 9.18 Å². The summed E-state index contributed by atoms with van der Waals surface area (Å²) in [7, 11) is 0. The van der Waals surface area contributed by atoms with Crippen molar-refractivity contribution < 1.29 is 13.7 Å². The zero-order valence-electron chi connectivity index (χ0n) is 15.6. The Hall–Kier alpha value is -3.22. The maximum atomic E-state index is 13.3. The highest BCUT2D eigenvalue weighted by atomic mass is 19.1. The molecule has 28 heavy (non-hydrogen) atoms. The Morgan fingerprint density at radius 1 is 1.11 bits per heavy atom. The minimum Gasteiger partial charge on any atom is -0.368 e. The van der Waals surface area contributed by atoms with Gasteiger partial charge in [-0.1, -0.05) is 17.3 Å². The molecule has 1 aliphatic rings. The molecule has 0 bridgehead atoms. The molecule has 6 nitrogen and oxygen atoms in total. The Kier molecular flexibility index (Phi) is 5.06. The smallest absolute Gasteiger partial charge is 0.227 e. The van der Waals surface area contributed by atoms with Crippen LogP contribution < -0.4 is 4.90 Å². The lowest BCUT2D eigenvalue weighted by atomic mass is 10.1. The van der Waals surface area contributed by atoms with E-state index in [-0.39, 0.29) is 18.1 Å². The van der Waals surface area contributed by atoms with Crippen LogP contribution in [0.15, 0.2) is 53.1 Å². The predicted octanol–water partition coefficient (Wildman–Crippen LogP) is 3.08. The first-order valence-corrected chi connectivity index (χ1v) is 9.26. The molecule has 1 aliphatic heterocycles. The van der Waals surface area contributed by atoms with Gasteiger partial charge in [-0.3, -0.25) is 4.79 Å². The molecule has 0 spiro atoms. The van der Waals surface area contributed by atoms with E-state index >= 15 is 0 Å². The van der Waals surface area contributed by atoms with Crippen LogP contribution in [0.5, 0.6) is 0 Å². The first-order chi connectivity index (χ1) is 13.6. The van der Waals surface area contributed by atoms with Crippen molar-refractivity contribution in [2.45, 2.75) is 13.3 Å². The van der Waals surface area contributed by atoms with Crippen LogP contribution in [-0.2, 0) is 11.2 Å². The number of hydrogen-bond acceptors (Lipinski definition) is 5. The van der Waals surface area contributed by atoms with Crippen LogP contribution in [0, 0.1) is 12.7 Å². The fraction of sp³-hybridized carbons (Fsp3) is 0.286. The summed E-state index contributed by atoms with van der Waals surface area (Å²) in [5.41, 5.74) is 2.71. The molecule has 1 aromatic heterocycles. The van der Waals surface area contributed by atoms with Gasteiger partial charge in [0, 0.05) is 44.4 Å². The SMILES string of the molecule is Cc1nc(-c2ccc(N3CCN(C(=O)Cc4cccc(F)c4)CC3)cc2)no1. The van der Waals surface area contributed by atoms with Crippen molar-refractivity contribution in [3.8, 4) is 11.4 Å². The van der Waals surface area contributed by atoms with E-state index < -0.39 is 0 Å². The molecule has 0 radical (unpaired) electrons. The molecule has 1 saturated heterocycles. The molecule has 0 saturated carbocycles. The number of halogens is 1. The maximum Gasteiger partial charge on any atom is 0.227 e. The third kappa shape index (κ3) is 4.03. The minimum absolute atomic E-state index is 0.0353. The van der Waals surface area contributed by atoms with Crippen LogP contribution in [0.3, 0.4) is 0 Å². The maximum absolute atomic E-state index is 13.3. The average molecular weight is 380 g/mol. The highest BCUT2D eigenvalue weighted by Gasteiger charge is 2.21. The lowest BCUT2D eigenvalue weighted by Gasteiger charge is -2.36. The van der Waals surface area contributed by atoms with Crippen LogP contribution in [0.2, 0.25) is 0 Å². The summed E-state index contributed by atoms with van der Waals surface area (Å²) in [5, 5.41) is 3.93. The van der Waals surface area contributed by atoms with Gasteiger partial charge in [-0.2, -0.15) is 4.98 Å². The van der Waals surface area contributed by atoms with Gasteiger partial charge in [-0.25, -0.2) is 4.39 Å². The number of aromatic nitrogens is 2. The van der Waals surface area contributed by atoms with Gasteiger partial charge in [0.1, 0.15) is 5.82 Å². The number of nitrogens with zero attached hydrogens (tertiary/aromatic N) is 4. The molecule has 144 valence electrons. The molecule has 2 heterocycles. The Bertz CT molecular complexity index is 963. The molecular formula is C21H21FN4O2. The van der Waals surface area contributed by atoms with Gasteiger partial charge in [-0.05, 0) is 42.0 Å². The zero-order chi connectivity index (χ0) is 19.5. The highest BCUT2D eigenvalue weighted by molar-refractivity contribution is 5.79. The number of aryl methyl sites for hydroxylation is 1. The number of benzene rings is 2. The molecule has 0 N–H and O–H groups in total. The summed E-state index contributed by atoms with van der Waals surface area (Å²) in [6, 6.07) is 14.2. The monoisotopic (exact) mass is 380 g/mol. The average Bonchev–Trinajstić information content (AvgIpc) is 3.15. The summed E-state index contributed by atoms with van der Waals surface area (Å²) in [5.74, 6) is 0.845. The lowest BCUT2D eigenvalue weighted by Crippen LogP contribution is -2.49. The van der Waals surface area contributed by atoms with Crippen molar-refractivity contribution in [3.63, 3.8) is 0 Å². The summed E-state index contributed by atoms with van der Waals surface area (Å²) in [6.07, 6.45) is 0.233. The molecule has 4 rings (SSSR count). The van der Waals surface area contributed by atoms with Crippen LogP contribution in [0.1, 0.15) is 11.5 Å². The van der Waals surface area contributed by atoms with Gasteiger partial charge in [0.05, 0.1) is 6.42 Å². The number of piperazine rings is 1. The van der Waals surface area contributed by atoms with Gasteiger partial charge in [-0.15, -0.1) is 0 Å². The summed E-state index contributed by atoms with van der Waals surface area (Å²) < 4.78 is 18.3. The van der Waals surface area contributed by atoms with Gasteiger partial charge in [0.25, 0.3) is 0 Å². The van der Waals surface area contributed by atoms with Crippen molar-refractivity contribution in [2.75, 3.05) is 31.1 Å². The number of amides is 1. The second-order valence-corrected chi connectivity index (χ2v) is 6.86. The van der Waals surface area contributed by atoms with E-state index in [0.29, 0.717) is 30.4 Å². The van der Waals surface area contributed by atoms with E-state index in [1.807, 2.05) is 29.2 Å². The van der Waals surface area contributed by atoms with Gasteiger partial charge in [0.2, 0.25) is 17.6 Å². The second-order valence-electron chi connectivity index (χ2n) is 6.86. The predicted molar refractivity (Wildman–Crippen MR) is 103 cm³/mol. The van der Waals surface area contributed by atoms with Crippen LogP contribution in [0.25, 0.3) is 11.4 Å². The van der Waals surface area contributed by atoms with Gasteiger partial charge in [0.15, 0.2) is 0 Å². The fourth-order valence-corrected chi connectivity index (χ4v) is 3.39. The fourth-order valence-electron chi connectivity index (χ4n) is 3.39. The zero-order valence-corrected chi connectivity index (χ0v) is 15.6. The number of carbonyl (C=O) groups excluding carboxylic acids is 1. The summed E-state index contributed by atoms with van der Waals surface area (Å²) in [6.45, 7) is 4.59.